The fraction of sp³-hybridized carbons (Fsp3) is 0.348. The summed E-state index contributed by atoms with van der Waals surface area (Å²) >= 11 is 1.52. The maximum atomic E-state index is 12.9. The van der Waals surface area contributed by atoms with Crippen molar-refractivity contribution >= 4 is 45.1 Å². The maximum absolute atomic E-state index is 12.9. The van der Waals surface area contributed by atoms with E-state index < -0.39 is 16.1 Å². The molecule has 2 aliphatic heterocycles. The number of carbonyl (C=O) groups is 2. The Balaban J connectivity index is 1.40. The van der Waals surface area contributed by atoms with Gasteiger partial charge in [0.1, 0.15) is 11.9 Å². The fourth-order valence-electron chi connectivity index (χ4n) is 3.72. The number of benzene rings is 2. The van der Waals surface area contributed by atoms with E-state index in [-0.39, 0.29) is 16.7 Å². The summed E-state index contributed by atoms with van der Waals surface area (Å²) in [7, 11) is -3.74. The predicted molar refractivity (Wildman–Crippen MR) is 130 cm³/mol. The first-order chi connectivity index (χ1) is 15.9. The summed E-state index contributed by atoms with van der Waals surface area (Å²) in [4.78, 5) is 31.7. The SMILES string of the molecule is O=C(Nc1ccc(S(=O)(=O)NC2=NCCCCC2)cc1)[C@@H]1CSCN1C(=O)c1ccccc1. The first-order valence-electron chi connectivity index (χ1n) is 10.8. The van der Waals surface area contributed by atoms with Gasteiger partial charge in [-0.1, -0.05) is 24.6 Å². The van der Waals surface area contributed by atoms with Gasteiger partial charge in [0, 0.05) is 30.0 Å². The van der Waals surface area contributed by atoms with Crippen LogP contribution in [0.25, 0.3) is 0 Å². The number of sulfonamides is 1. The smallest absolute Gasteiger partial charge is 0.262 e. The zero-order valence-corrected chi connectivity index (χ0v) is 19.7. The van der Waals surface area contributed by atoms with Crippen molar-refractivity contribution in [2.75, 3.05) is 23.5 Å². The molecule has 4 rings (SSSR count). The van der Waals surface area contributed by atoms with Crippen LogP contribution in [-0.2, 0) is 14.8 Å². The van der Waals surface area contributed by atoms with E-state index in [2.05, 4.69) is 15.0 Å². The third-order valence-electron chi connectivity index (χ3n) is 5.53. The minimum atomic E-state index is -3.74. The van der Waals surface area contributed by atoms with Crippen LogP contribution in [0.5, 0.6) is 0 Å². The molecule has 0 aromatic heterocycles. The molecule has 2 N–H and O–H groups in total. The Morgan fingerprint density at radius 3 is 2.52 bits per heavy atom. The number of hydrogen-bond donors (Lipinski definition) is 2. The first-order valence-corrected chi connectivity index (χ1v) is 13.5. The highest BCUT2D eigenvalue weighted by Gasteiger charge is 2.35. The number of anilines is 1. The summed E-state index contributed by atoms with van der Waals surface area (Å²) < 4.78 is 27.9. The van der Waals surface area contributed by atoms with E-state index in [0.717, 1.165) is 19.3 Å². The summed E-state index contributed by atoms with van der Waals surface area (Å²) in [6.45, 7) is 0.631. The Morgan fingerprint density at radius 2 is 1.76 bits per heavy atom. The van der Waals surface area contributed by atoms with E-state index in [1.807, 2.05) is 6.07 Å². The summed E-state index contributed by atoms with van der Waals surface area (Å²) in [5.41, 5.74) is 1.01. The number of hydrogen-bond acceptors (Lipinski definition) is 6. The van der Waals surface area contributed by atoms with Gasteiger partial charge < -0.3 is 10.2 Å². The third-order valence-corrected chi connectivity index (χ3v) is 7.93. The molecule has 2 aromatic rings. The lowest BCUT2D eigenvalue weighted by atomic mass is 10.1. The summed E-state index contributed by atoms with van der Waals surface area (Å²) in [5.74, 6) is 0.953. The normalized spacial score (nSPS) is 18.8. The van der Waals surface area contributed by atoms with Crippen molar-refractivity contribution in [2.45, 2.75) is 36.6 Å². The molecule has 0 saturated carbocycles. The van der Waals surface area contributed by atoms with Gasteiger partial charge in [0.2, 0.25) is 5.91 Å². The largest absolute Gasteiger partial charge is 0.324 e. The van der Waals surface area contributed by atoms with Gasteiger partial charge in [0.25, 0.3) is 15.9 Å². The van der Waals surface area contributed by atoms with Crippen molar-refractivity contribution in [3.63, 3.8) is 0 Å². The molecule has 33 heavy (non-hydrogen) atoms. The molecule has 2 aromatic carbocycles. The highest BCUT2D eigenvalue weighted by atomic mass is 32.2. The number of carbonyl (C=O) groups excluding carboxylic acids is 2. The Hall–Kier alpha value is -2.85. The number of aliphatic imine (C=N–C) groups is 1. The quantitative estimate of drug-likeness (QED) is 0.675. The average Bonchev–Trinajstić information content (AvgIpc) is 3.18. The van der Waals surface area contributed by atoms with Crippen molar-refractivity contribution < 1.29 is 18.0 Å². The monoisotopic (exact) mass is 486 g/mol. The van der Waals surface area contributed by atoms with Crippen LogP contribution in [0, 0.1) is 0 Å². The Labute approximate surface area is 197 Å². The van der Waals surface area contributed by atoms with Crippen molar-refractivity contribution in [1.29, 1.82) is 0 Å². The molecule has 1 saturated heterocycles. The van der Waals surface area contributed by atoms with E-state index in [0.29, 0.717) is 41.7 Å². The molecule has 0 unspecified atom stereocenters. The van der Waals surface area contributed by atoms with Crippen LogP contribution in [-0.4, -0.2) is 55.2 Å². The molecule has 1 fully saturated rings. The van der Waals surface area contributed by atoms with E-state index in [4.69, 9.17) is 0 Å². The van der Waals surface area contributed by atoms with Crippen molar-refractivity contribution in [3.05, 3.63) is 60.2 Å². The van der Waals surface area contributed by atoms with Gasteiger partial charge in [0.05, 0.1) is 10.8 Å². The molecular formula is C23H26N4O4S2. The van der Waals surface area contributed by atoms with Gasteiger partial charge in [0.15, 0.2) is 0 Å². The second kappa shape index (κ2) is 10.4. The number of thioether (sulfide) groups is 1. The zero-order valence-electron chi connectivity index (χ0n) is 18.1. The number of nitrogens with one attached hydrogen (secondary N) is 2. The number of rotatable bonds is 5. The molecule has 2 amide bonds. The highest BCUT2D eigenvalue weighted by molar-refractivity contribution is 7.99. The molecule has 1 atom stereocenters. The van der Waals surface area contributed by atoms with Gasteiger partial charge >= 0.3 is 0 Å². The van der Waals surface area contributed by atoms with E-state index in [1.54, 1.807) is 41.3 Å². The second-order valence-corrected chi connectivity index (χ2v) is 10.6. The number of amidine groups is 1. The predicted octanol–water partition coefficient (Wildman–Crippen LogP) is 3.09. The molecule has 8 nitrogen and oxygen atoms in total. The molecular weight excluding hydrogens is 460 g/mol. The van der Waals surface area contributed by atoms with Crippen molar-refractivity contribution in [1.82, 2.24) is 9.62 Å². The molecule has 174 valence electrons. The third kappa shape index (κ3) is 5.75. The van der Waals surface area contributed by atoms with Crippen LogP contribution < -0.4 is 10.0 Å². The van der Waals surface area contributed by atoms with Crippen LogP contribution in [0.3, 0.4) is 0 Å². The van der Waals surface area contributed by atoms with Gasteiger partial charge in [-0.15, -0.1) is 11.8 Å². The van der Waals surface area contributed by atoms with E-state index in [9.17, 15) is 18.0 Å². The van der Waals surface area contributed by atoms with Crippen molar-refractivity contribution in [2.24, 2.45) is 4.99 Å². The number of amides is 2. The first kappa shape index (κ1) is 23.3. The summed E-state index contributed by atoms with van der Waals surface area (Å²) in [5, 5.41) is 2.80. The van der Waals surface area contributed by atoms with Gasteiger partial charge in [-0.25, -0.2) is 8.42 Å². The molecule has 0 aliphatic carbocycles. The Kier molecular flexibility index (Phi) is 7.34. The molecule has 2 aliphatic rings. The molecule has 0 radical (unpaired) electrons. The van der Waals surface area contributed by atoms with Crippen LogP contribution in [0.2, 0.25) is 0 Å². The lowest BCUT2D eigenvalue weighted by molar-refractivity contribution is -0.119. The van der Waals surface area contributed by atoms with Crippen LogP contribution in [0.15, 0.2) is 64.5 Å². The Morgan fingerprint density at radius 1 is 1.00 bits per heavy atom. The molecule has 0 spiro atoms. The molecule has 2 heterocycles. The van der Waals surface area contributed by atoms with Crippen molar-refractivity contribution in [3.8, 4) is 0 Å². The molecule has 0 bridgehead atoms. The summed E-state index contributed by atoms with van der Waals surface area (Å²) in [6.07, 6.45) is 3.53. The minimum absolute atomic E-state index is 0.102. The van der Waals surface area contributed by atoms with Gasteiger partial charge in [-0.2, -0.15) is 0 Å². The van der Waals surface area contributed by atoms with Gasteiger partial charge in [-0.3, -0.25) is 19.3 Å². The topological polar surface area (TPSA) is 108 Å². The summed E-state index contributed by atoms with van der Waals surface area (Å²) in [6, 6.07) is 14.3. The van der Waals surface area contributed by atoms with E-state index >= 15 is 0 Å². The van der Waals surface area contributed by atoms with E-state index in [1.165, 1.54) is 23.9 Å². The maximum Gasteiger partial charge on any atom is 0.262 e. The zero-order chi connectivity index (χ0) is 23.3. The standard InChI is InChI=1S/C23H26N4O4S2/c28-22(20-15-32-16-27(20)23(29)17-7-3-1-4-8-17)25-18-10-12-19(13-11-18)33(30,31)26-21-9-5-2-6-14-24-21/h1,3-4,7-8,10-13,20H,2,5-6,9,14-16H2,(H,24,26)(H,25,28)/t20-/m0/s1. The van der Waals surface area contributed by atoms with Crippen LogP contribution in [0.4, 0.5) is 5.69 Å². The lowest BCUT2D eigenvalue weighted by Crippen LogP contribution is -2.44. The highest BCUT2D eigenvalue weighted by Crippen LogP contribution is 2.25. The average molecular weight is 487 g/mol. The van der Waals surface area contributed by atoms with Crippen LogP contribution >= 0.6 is 11.8 Å². The lowest BCUT2D eigenvalue weighted by Gasteiger charge is -2.23. The van der Waals surface area contributed by atoms with Crippen LogP contribution in [0.1, 0.15) is 36.0 Å². The number of nitrogens with zero attached hydrogens (tertiary/aromatic N) is 2. The molecule has 10 heteroatoms. The van der Waals surface area contributed by atoms with Gasteiger partial charge in [-0.05, 0) is 49.2 Å². The fourth-order valence-corrected chi connectivity index (χ4v) is 5.96. The second-order valence-electron chi connectivity index (χ2n) is 7.91. The Bertz CT molecular complexity index is 1130. The minimum Gasteiger partial charge on any atom is -0.324 e.